The third-order valence-corrected chi connectivity index (χ3v) is 3.41. The molecule has 21 heavy (non-hydrogen) atoms. The number of carbonyl (C=O) groups excluding carboxylic acids is 3. The van der Waals surface area contributed by atoms with Crippen molar-refractivity contribution in [3.8, 4) is 5.75 Å². The number of hydrogen-bond acceptors (Lipinski definition) is 4. The molecular weight excluding hydrogens is 279 g/mol. The molecule has 1 aliphatic heterocycles. The fourth-order valence-corrected chi connectivity index (χ4v) is 2.22. The van der Waals surface area contributed by atoms with Gasteiger partial charge in [0.15, 0.2) is 11.6 Å². The predicted molar refractivity (Wildman–Crippen MR) is 71.2 cm³/mol. The molecule has 1 N–H and O–H groups in total. The summed E-state index contributed by atoms with van der Waals surface area (Å²) >= 11 is 0. The van der Waals surface area contributed by atoms with Gasteiger partial charge in [-0.15, -0.1) is 0 Å². The Morgan fingerprint density at radius 2 is 2.14 bits per heavy atom. The summed E-state index contributed by atoms with van der Waals surface area (Å²) in [6.07, 6.45) is 0.368. The van der Waals surface area contributed by atoms with Crippen LogP contribution >= 0.6 is 0 Å². The summed E-state index contributed by atoms with van der Waals surface area (Å²) in [5.74, 6) is -2.38. The second-order valence-electron chi connectivity index (χ2n) is 4.70. The van der Waals surface area contributed by atoms with E-state index < -0.39 is 23.7 Å². The molecule has 0 radical (unpaired) electrons. The Bertz CT molecular complexity index is 603. The van der Waals surface area contributed by atoms with Crippen LogP contribution in [0.2, 0.25) is 0 Å². The second-order valence-corrected chi connectivity index (χ2v) is 4.70. The van der Waals surface area contributed by atoms with Crippen LogP contribution in [0.3, 0.4) is 0 Å². The number of likely N-dealkylation sites (N-methyl/N-ethyl adjacent to an activating group) is 1. The minimum atomic E-state index is -0.791. The van der Waals surface area contributed by atoms with Gasteiger partial charge in [-0.05, 0) is 18.6 Å². The number of imide groups is 1. The molecule has 6 nitrogen and oxygen atoms in total. The van der Waals surface area contributed by atoms with Crippen LogP contribution in [0.15, 0.2) is 18.2 Å². The van der Waals surface area contributed by atoms with Gasteiger partial charge < -0.3 is 9.64 Å². The summed E-state index contributed by atoms with van der Waals surface area (Å²) < 4.78 is 18.9. The van der Waals surface area contributed by atoms with Crippen molar-refractivity contribution in [3.63, 3.8) is 0 Å². The molecule has 1 heterocycles. The average molecular weight is 294 g/mol. The van der Waals surface area contributed by atoms with Gasteiger partial charge in [0.25, 0.3) is 5.91 Å². The number of benzene rings is 1. The van der Waals surface area contributed by atoms with Crippen molar-refractivity contribution in [2.75, 3.05) is 14.2 Å². The van der Waals surface area contributed by atoms with E-state index in [0.29, 0.717) is 0 Å². The molecule has 0 saturated carbocycles. The van der Waals surface area contributed by atoms with Gasteiger partial charge in [0.2, 0.25) is 11.8 Å². The van der Waals surface area contributed by atoms with Gasteiger partial charge in [-0.25, -0.2) is 4.39 Å². The number of halogens is 1. The quantitative estimate of drug-likeness (QED) is 0.833. The maximum atomic E-state index is 14.1. The number of carbonyl (C=O) groups is 3. The molecule has 1 saturated heterocycles. The fraction of sp³-hybridized carbons (Fsp3) is 0.357. The first kappa shape index (κ1) is 15.0. The molecule has 1 fully saturated rings. The first-order chi connectivity index (χ1) is 9.95. The number of rotatable bonds is 3. The Morgan fingerprint density at radius 3 is 2.76 bits per heavy atom. The zero-order chi connectivity index (χ0) is 15.6. The van der Waals surface area contributed by atoms with Gasteiger partial charge in [0.05, 0.1) is 12.7 Å². The highest BCUT2D eigenvalue weighted by Crippen LogP contribution is 2.22. The van der Waals surface area contributed by atoms with Crippen molar-refractivity contribution in [3.05, 3.63) is 29.6 Å². The van der Waals surface area contributed by atoms with E-state index in [1.807, 2.05) is 0 Å². The highest BCUT2D eigenvalue weighted by atomic mass is 19.1. The molecule has 0 spiro atoms. The topological polar surface area (TPSA) is 75.7 Å². The molecule has 2 rings (SSSR count). The normalized spacial score (nSPS) is 18.1. The van der Waals surface area contributed by atoms with Crippen LogP contribution in [-0.4, -0.2) is 42.8 Å². The average Bonchev–Trinajstić information content (AvgIpc) is 2.46. The van der Waals surface area contributed by atoms with E-state index in [2.05, 4.69) is 5.32 Å². The van der Waals surface area contributed by atoms with Crippen molar-refractivity contribution in [1.82, 2.24) is 10.2 Å². The third kappa shape index (κ3) is 2.86. The van der Waals surface area contributed by atoms with E-state index >= 15 is 0 Å². The molecule has 0 aliphatic carbocycles. The van der Waals surface area contributed by atoms with Crippen LogP contribution in [-0.2, 0) is 9.59 Å². The van der Waals surface area contributed by atoms with E-state index in [1.54, 1.807) is 0 Å². The molecule has 1 aromatic carbocycles. The number of nitrogens with zero attached hydrogens (tertiary/aromatic N) is 1. The molecule has 1 aromatic rings. The van der Waals surface area contributed by atoms with Crippen LogP contribution in [0, 0.1) is 5.82 Å². The standard InChI is InChI=1S/C14H15FN2O4/c1-17(9-6-7-11(18)16-13(9)19)14(20)8-4-3-5-10(21-2)12(8)15/h3-5,9H,6-7H2,1-2H3,(H,16,18,19). The lowest BCUT2D eigenvalue weighted by atomic mass is 10.0. The van der Waals surface area contributed by atoms with Crippen molar-refractivity contribution >= 4 is 17.7 Å². The Kier molecular flexibility index (Phi) is 4.21. The summed E-state index contributed by atoms with van der Waals surface area (Å²) in [7, 11) is 2.71. The maximum Gasteiger partial charge on any atom is 0.257 e. The van der Waals surface area contributed by atoms with E-state index in [-0.39, 0.29) is 30.1 Å². The fourth-order valence-electron chi connectivity index (χ4n) is 2.22. The van der Waals surface area contributed by atoms with Crippen molar-refractivity contribution < 1.29 is 23.5 Å². The Balaban J connectivity index is 2.24. The minimum absolute atomic E-state index is 0.0440. The summed E-state index contributed by atoms with van der Waals surface area (Å²) in [5, 5.41) is 2.16. The first-order valence-electron chi connectivity index (χ1n) is 6.39. The predicted octanol–water partition coefficient (Wildman–Crippen LogP) is 0.712. The summed E-state index contributed by atoms with van der Waals surface area (Å²) in [5.41, 5.74) is -0.179. The van der Waals surface area contributed by atoms with E-state index in [1.165, 1.54) is 32.4 Å². The van der Waals surface area contributed by atoms with Crippen LogP contribution in [0.5, 0.6) is 5.75 Å². The van der Waals surface area contributed by atoms with E-state index in [9.17, 15) is 18.8 Å². The SMILES string of the molecule is COc1cccc(C(=O)N(C)C2CCC(=O)NC2=O)c1F. The van der Waals surface area contributed by atoms with Gasteiger partial charge in [0, 0.05) is 13.5 Å². The highest BCUT2D eigenvalue weighted by Gasteiger charge is 2.33. The number of piperidine rings is 1. The van der Waals surface area contributed by atoms with Gasteiger partial charge in [-0.1, -0.05) is 6.07 Å². The highest BCUT2D eigenvalue weighted by molar-refractivity contribution is 6.03. The van der Waals surface area contributed by atoms with Crippen molar-refractivity contribution in [1.29, 1.82) is 0 Å². The van der Waals surface area contributed by atoms with Gasteiger partial charge in [-0.3, -0.25) is 19.7 Å². The van der Waals surface area contributed by atoms with Crippen molar-refractivity contribution in [2.45, 2.75) is 18.9 Å². The molecule has 3 amide bonds. The summed E-state index contributed by atoms with van der Waals surface area (Å²) in [6, 6.07) is 3.43. The number of nitrogens with one attached hydrogen (secondary N) is 1. The lowest BCUT2D eigenvalue weighted by molar-refractivity contribution is -0.136. The molecular formula is C14H15FN2O4. The number of methoxy groups -OCH3 is 1. The Morgan fingerprint density at radius 1 is 1.43 bits per heavy atom. The lowest BCUT2D eigenvalue weighted by Crippen LogP contribution is -2.53. The minimum Gasteiger partial charge on any atom is -0.494 e. The summed E-state index contributed by atoms with van der Waals surface area (Å²) in [6.45, 7) is 0. The van der Waals surface area contributed by atoms with Crippen LogP contribution in [0.4, 0.5) is 4.39 Å². The second kappa shape index (κ2) is 5.90. The Labute approximate surface area is 120 Å². The van der Waals surface area contributed by atoms with Gasteiger partial charge >= 0.3 is 0 Å². The first-order valence-corrected chi connectivity index (χ1v) is 6.39. The largest absolute Gasteiger partial charge is 0.494 e. The smallest absolute Gasteiger partial charge is 0.257 e. The number of ether oxygens (including phenoxy) is 1. The molecule has 112 valence electrons. The Hall–Kier alpha value is -2.44. The van der Waals surface area contributed by atoms with Crippen LogP contribution in [0.1, 0.15) is 23.2 Å². The molecule has 1 aliphatic rings. The van der Waals surface area contributed by atoms with Crippen LogP contribution < -0.4 is 10.1 Å². The zero-order valence-corrected chi connectivity index (χ0v) is 11.7. The summed E-state index contributed by atoms with van der Waals surface area (Å²) in [4.78, 5) is 36.3. The van der Waals surface area contributed by atoms with Crippen LogP contribution in [0.25, 0.3) is 0 Å². The third-order valence-electron chi connectivity index (χ3n) is 3.41. The van der Waals surface area contributed by atoms with Gasteiger partial charge in [-0.2, -0.15) is 0 Å². The zero-order valence-electron chi connectivity index (χ0n) is 11.7. The monoisotopic (exact) mass is 294 g/mol. The molecule has 7 heteroatoms. The molecule has 1 atom stereocenters. The maximum absolute atomic E-state index is 14.1. The van der Waals surface area contributed by atoms with Crippen molar-refractivity contribution in [2.24, 2.45) is 0 Å². The molecule has 0 bridgehead atoms. The van der Waals surface area contributed by atoms with E-state index in [0.717, 1.165) is 4.90 Å². The van der Waals surface area contributed by atoms with Gasteiger partial charge in [0.1, 0.15) is 6.04 Å². The van der Waals surface area contributed by atoms with E-state index in [4.69, 9.17) is 4.74 Å². The number of hydrogen-bond donors (Lipinski definition) is 1. The lowest BCUT2D eigenvalue weighted by Gasteiger charge is -2.29. The molecule has 1 unspecified atom stereocenters. The molecule has 0 aromatic heterocycles. The number of amides is 3.